The summed E-state index contributed by atoms with van der Waals surface area (Å²) in [6.07, 6.45) is -9.20. The van der Waals surface area contributed by atoms with Crippen LogP contribution in [-0.2, 0) is 30.5 Å². The first-order chi connectivity index (χ1) is 18.6. The van der Waals surface area contributed by atoms with Crippen LogP contribution in [0.1, 0.15) is 46.1 Å². The van der Waals surface area contributed by atoms with Gasteiger partial charge in [-0.05, 0) is 36.0 Å². The van der Waals surface area contributed by atoms with Crippen LogP contribution in [0.25, 0.3) is 0 Å². The van der Waals surface area contributed by atoms with Gasteiger partial charge in [-0.25, -0.2) is 9.59 Å². The van der Waals surface area contributed by atoms with Crippen LogP contribution in [0.2, 0.25) is 0 Å². The number of primary amides is 1. The zero-order chi connectivity index (χ0) is 30.3. The maximum Gasteiger partial charge on any atom is 0.410 e. The minimum absolute atomic E-state index is 0.0459. The monoisotopic (exact) mass is 569 g/mol. The van der Waals surface area contributed by atoms with E-state index >= 15 is 0 Å². The molecular weight excluding hydrogens is 530 g/mol. The van der Waals surface area contributed by atoms with E-state index in [1.807, 2.05) is 13.8 Å². The number of aliphatic carboxylic acids is 1. The highest BCUT2D eigenvalue weighted by Crippen LogP contribution is 2.31. The molecular formula is C26H39N3O11. The predicted octanol–water partition coefficient (Wildman–Crippen LogP) is 0.411. The second-order valence-corrected chi connectivity index (χ2v) is 10.4. The smallest absolute Gasteiger partial charge is 0.410 e. The predicted molar refractivity (Wildman–Crippen MR) is 140 cm³/mol. The van der Waals surface area contributed by atoms with E-state index in [1.165, 1.54) is 25.2 Å². The fourth-order valence-electron chi connectivity index (χ4n) is 4.10. The van der Waals surface area contributed by atoms with Crippen LogP contribution >= 0.6 is 0 Å². The number of carbonyl (C=O) groups is 4. The van der Waals surface area contributed by atoms with Crippen molar-refractivity contribution in [1.82, 2.24) is 4.90 Å². The Bertz CT molecular complexity index is 1060. The second kappa shape index (κ2) is 14.3. The van der Waals surface area contributed by atoms with Gasteiger partial charge in [0.2, 0.25) is 18.1 Å². The molecule has 1 fully saturated rings. The normalized spacial score (nSPS) is 23.4. The molecule has 0 unspecified atom stereocenters. The first kappa shape index (κ1) is 32.8. The summed E-state index contributed by atoms with van der Waals surface area (Å²) in [7, 11) is 1.39. The lowest BCUT2D eigenvalue weighted by Crippen LogP contribution is -2.61. The lowest BCUT2D eigenvalue weighted by atomic mass is 9.99. The van der Waals surface area contributed by atoms with Gasteiger partial charge in [0.15, 0.2) is 6.10 Å². The summed E-state index contributed by atoms with van der Waals surface area (Å²) in [4.78, 5) is 49.4. The summed E-state index contributed by atoms with van der Waals surface area (Å²) in [6.45, 7) is 7.12. The number of aliphatic hydroxyl groups is 3. The molecule has 1 aliphatic rings. The van der Waals surface area contributed by atoms with E-state index in [0.717, 1.165) is 4.90 Å². The third-order valence-electron chi connectivity index (χ3n) is 6.31. The number of nitrogens with zero attached hydrogens (tertiary/aromatic N) is 1. The Morgan fingerprint density at radius 2 is 1.73 bits per heavy atom. The molecule has 1 aliphatic heterocycles. The molecule has 1 heterocycles. The molecule has 0 spiro atoms. The summed E-state index contributed by atoms with van der Waals surface area (Å²) < 4.78 is 16.1. The average molecular weight is 570 g/mol. The van der Waals surface area contributed by atoms with Gasteiger partial charge in [0.25, 0.3) is 0 Å². The number of anilines is 1. The minimum atomic E-state index is -1.90. The number of hydrogen-bond acceptors (Lipinski definition) is 10. The van der Waals surface area contributed by atoms with Crippen LogP contribution in [-0.4, -0.2) is 93.0 Å². The number of likely N-dealkylation sites (N-methyl/N-ethyl adjacent to an activating group) is 1. The maximum absolute atomic E-state index is 12.6. The van der Waals surface area contributed by atoms with Crippen molar-refractivity contribution < 1.29 is 53.8 Å². The van der Waals surface area contributed by atoms with E-state index in [1.54, 1.807) is 13.8 Å². The Balaban J connectivity index is 2.27. The molecule has 0 saturated carbocycles. The Morgan fingerprint density at radius 3 is 2.27 bits per heavy atom. The Kier molecular flexibility index (Phi) is 11.7. The van der Waals surface area contributed by atoms with Gasteiger partial charge >= 0.3 is 12.1 Å². The van der Waals surface area contributed by atoms with Crippen LogP contribution < -0.4 is 15.8 Å². The molecule has 224 valence electrons. The average Bonchev–Trinajstić information content (AvgIpc) is 2.86. The molecule has 7 N–H and O–H groups in total. The molecule has 14 heteroatoms. The Labute approximate surface area is 232 Å². The summed E-state index contributed by atoms with van der Waals surface area (Å²) in [5, 5.41) is 42.3. The fourth-order valence-corrected chi connectivity index (χ4v) is 4.10. The summed E-state index contributed by atoms with van der Waals surface area (Å²) in [5.41, 5.74) is 5.91. The lowest BCUT2D eigenvalue weighted by Gasteiger charge is -2.38. The van der Waals surface area contributed by atoms with Gasteiger partial charge in [0.1, 0.15) is 36.7 Å². The van der Waals surface area contributed by atoms with Gasteiger partial charge in [0.05, 0.1) is 5.69 Å². The Hall–Kier alpha value is -3.46. The number of nitrogens with two attached hydrogens (primary N) is 1. The van der Waals surface area contributed by atoms with Crippen molar-refractivity contribution in [2.75, 3.05) is 12.4 Å². The van der Waals surface area contributed by atoms with Crippen molar-refractivity contribution in [3.8, 4) is 5.75 Å². The van der Waals surface area contributed by atoms with Crippen LogP contribution in [0.4, 0.5) is 10.5 Å². The number of nitrogens with one attached hydrogen (secondary N) is 1. The number of carbonyl (C=O) groups excluding carboxylic acids is 3. The van der Waals surface area contributed by atoms with Crippen molar-refractivity contribution in [3.63, 3.8) is 0 Å². The fraction of sp³-hybridized carbons (Fsp3) is 0.615. The number of rotatable bonds is 12. The van der Waals surface area contributed by atoms with Gasteiger partial charge in [-0.3, -0.25) is 14.5 Å². The van der Waals surface area contributed by atoms with Crippen LogP contribution in [0.5, 0.6) is 5.75 Å². The van der Waals surface area contributed by atoms with Crippen molar-refractivity contribution >= 4 is 29.6 Å². The topological polar surface area (TPSA) is 218 Å². The molecule has 0 radical (unpaired) electrons. The molecule has 2 rings (SSSR count). The first-order valence-electron chi connectivity index (χ1n) is 12.8. The van der Waals surface area contributed by atoms with Crippen LogP contribution in [0.3, 0.4) is 0 Å². The summed E-state index contributed by atoms with van der Waals surface area (Å²) in [6, 6.07) is 3.41. The quantitative estimate of drug-likeness (QED) is 0.202. The van der Waals surface area contributed by atoms with E-state index in [-0.39, 0.29) is 42.2 Å². The number of hydrogen-bond donors (Lipinski definition) is 6. The van der Waals surface area contributed by atoms with E-state index in [4.69, 9.17) is 19.9 Å². The molecule has 6 atom stereocenters. The number of ether oxygens (including phenoxy) is 3. The minimum Gasteiger partial charge on any atom is -0.479 e. The highest BCUT2D eigenvalue weighted by molar-refractivity contribution is 5.92. The highest BCUT2D eigenvalue weighted by atomic mass is 16.7. The number of carboxylic acid groups (broad SMARTS) is 1. The van der Waals surface area contributed by atoms with Gasteiger partial charge < -0.3 is 45.7 Å². The van der Waals surface area contributed by atoms with Crippen LogP contribution in [0.15, 0.2) is 18.2 Å². The SMILES string of the molecule is CC(C)CCC(=O)Nc1cc(COC(=O)N(C)[C@H](C(N)=O)C(C)C)ccc1O[C@@H]1O[C@H](C(=O)O)[C@@H](O)[C@H](O)[C@H]1O. The zero-order valence-corrected chi connectivity index (χ0v) is 23.1. The van der Waals surface area contributed by atoms with Crippen molar-refractivity contribution in [1.29, 1.82) is 0 Å². The van der Waals surface area contributed by atoms with Gasteiger partial charge in [-0.1, -0.05) is 33.8 Å². The number of aliphatic hydroxyl groups excluding tert-OH is 3. The molecule has 14 nitrogen and oxygen atoms in total. The molecule has 0 aromatic heterocycles. The number of carboxylic acids is 1. The van der Waals surface area contributed by atoms with E-state index in [9.17, 15) is 39.6 Å². The van der Waals surface area contributed by atoms with Gasteiger partial charge in [0, 0.05) is 13.5 Å². The standard InChI is InChI=1S/C26H39N3O11/c1-12(2)6-9-17(30)28-15-10-14(11-38-26(37)29(5)18(13(3)4)23(27)34)7-8-16(15)39-25-21(33)19(31)20(32)22(40-25)24(35)36/h7-8,10,12-13,18-22,25,31-33H,6,9,11H2,1-5H3,(H2,27,34)(H,28,30)(H,35,36)/t18-,19-,20-,21+,22-,25+/m0/s1. The largest absolute Gasteiger partial charge is 0.479 e. The summed E-state index contributed by atoms with van der Waals surface area (Å²) >= 11 is 0. The second-order valence-electron chi connectivity index (χ2n) is 10.4. The molecule has 1 saturated heterocycles. The maximum atomic E-state index is 12.6. The highest BCUT2D eigenvalue weighted by Gasteiger charge is 2.48. The van der Waals surface area contributed by atoms with Crippen molar-refractivity contribution in [2.24, 2.45) is 17.6 Å². The van der Waals surface area contributed by atoms with E-state index in [0.29, 0.717) is 12.0 Å². The van der Waals surface area contributed by atoms with E-state index < -0.39 is 54.7 Å². The van der Waals surface area contributed by atoms with Gasteiger partial charge in [-0.2, -0.15) is 0 Å². The number of amides is 3. The van der Waals surface area contributed by atoms with Crippen molar-refractivity contribution in [3.05, 3.63) is 23.8 Å². The zero-order valence-electron chi connectivity index (χ0n) is 23.1. The van der Waals surface area contributed by atoms with Crippen LogP contribution in [0, 0.1) is 11.8 Å². The number of benzene rings is 1. The molecule has 0 bridgehead atoms. The summed E-state index contributed by atoms with van der Waals surface area (Å²) in [5.74, 6) is -2.67. The molecule has 0 aliphatic carbocycles. The van der Waals surface area contributed by atoms with Crippen molar-refractivity contribution in [2.45, 2.75) is 83.9 Å². The first-order valence-corrected chi connectivity index (χ1v) is 12.8. The van der Waals surface area contributed by atoms with E-state index in [2.05, 4.69) is 5.32 Å². The third-order valence-corrected chi connectivity index (χ3v) is 6.31. The molecule has 1 aromatic rings. The third kappa shape index (κ3) is 8.52. The van der Waals surface area contributed by atoms with Gasteiger partial charge in [-0.15, -0.1) is 0 Å². The molecule has 40 heavy (non-hydrogen) atoms. The molecule has 1 aromatic carbocycles. The molecule has 3 amide bonds. The lowest BCUT2D eigenvalue weighted by molar-refractivity contribution is -0.271. The Morgan fingerprint density at radius 1 is 1.07 bits per heavy atom.